The van der Waals surface area contributed by atoms with Gasteiger partial charge in [0.2, 0.25) is 0 Å². The minimum Gasteiger partial charge on any atom is -0.462 e. The van der Waals surface area contributed by atoms with E-state index in [-0.39, 0.29) is 25.7 Å². The Labute approximate surface area is 608 Å². The van der Waals surface area contributed by atoms with Gasteiger partial charge in [-0.15, -0.1) is 0 Å². The number of phosphoric ester groups is 2. The number of carbonyl (C=O) groups is 4. The molecule has 3 N–H and O–H groups in total. The molecule has 0 aliphatic heterocycles. The molecule has 0 radical (unpaired) electrons. The van der Waals surface area contributed by atoms with Crippen LogP contribution in [0.1, 0.15) is 349 Å². The first kappa shape index (κ1) is 96.2. The number of allylic oxidation sites excluding steroid dienone is 14. The van der Waals surface area contributed by atoms with Gasteiger partial charge in [0, 0.05) is 25.7 Å². The van der Waals surface area contributed by atoms with Gasteiger partial charge in [0.1, 0.15) is 19.3 Å². The lowest BCUT2D eigenvalue weighted by Crippen LogP contribution is -2.30. The van der Waals surface area contributed by atoms with Crippen molar-refractivity contribution in [3.8, 4) is 0 Å². The standard InChI is InChI=1S/C81H144O17P2/c1-5-9-13-17-21-25-29-33-36-37-40-44-48-52-56-60-64-68-81(86)98-77(72-92-79(84)66-62-58-54-50-46-43-39-35-31-27-23-19-15-11-7-3)74-96-100(89,90)94-70-75(82)69-93-99(87,88)95-73-76(97-80(85)67-63-59-55-51-47-41-32-28-24-20-16-12-8-4)71-91-78(83)65-61-57-53-49-45-42-38-34-30-26-22-18-14-10-6-2/h21,25,28,32-36,38-40,44,52,56,75-77,82H,5-20,22-24,26-27,29-31,37,41-43,45-51,53-55,57-74H2,1-4H3,(H,87,88)(H,89,90)/b25-21-,32-28-,36-33-,38-34-,39-35-,44-40-,56-52-/t75-,76+,77+/m0/s1. The Morgan fingerprint density at radius 1 is 0.280 bits per heavy atom. The summed E-state index contributed by atoms with van der Waals surface area (Å²) in [5.74, 6) is -2.25. The summed E-state index contributed by atoms with van der Waals surface area (Å²) in [5.41, 5.74) is 0. The van der Waals surface area contributed by atoms with E-state index in [1.165, 1.54) is 122 Å². The molecular weight excluding hydrogens is 1310 g/mol. The average molecular weight is 1450 g/mol. The highest BCUT2D eigenvalue weighted by Crippen LogP contribution is 2.45. The molecule has 0 saturated heterocycles. The quantitative estimate of drug-likeness (QED) is 0.0169. The fourth-order valence-corrected chi connectivity index (χ4v) is 12.2. The summed E-state index contributed by atoms with van der Waals surface area (Å²) in [5, 5.41) is 10.6. The highest BCUT2D eigenvalue weighted by molar-refractivity contribution is 7.47. The smallest absolute Gasteiger partial charge is 0.462 e. The zero-order valence-electron chi connectivity index (χ0n) is 63.4. The van der Waals surface area contributed by atoms with Crippen molar-refractivity contribution in [2.75, 3.05) is 39.6 Å². The van der Waals surface area contributed by atoms with Crippen molar-refractivity contribution in [3.63, 3.8) is 0 Å². The number of ether oxygens (including phenoxy) is 4. The van der Waals surface area contributed by atoms with Gasteiger partial charge in [0.15, 0.2) is 12.2 Å². The van der Waals surface area contributed by atoms with Crippen LogP contribution in [0.2, 0.25) is 0 Å². The zero-order valence-corrected chi connectivity index (χ0v) is 65.2. The second-order valence-electron chi connectivity index (χ2n) is 26.6. The molecule has 0 fully saturated rings. The maximum Gasteiger partial charge on any atom is 0.472 e. The predicted octanol–water partition coefficient (Wildman–Crippen LogP) is 23.0. The van der Waals surface area contributed by atoms with E-state index in [0.717, 1.165) is 141 Å². The van der Waals surface area contributed by atoms with Gasteiger partial charge in [0.05, 0.1) is 26.4 Å². The van der Waals surface area contributed by atoms with Gasteiger partial charge in [-0.1, -0.05) is 267 Å². The molecule has 0 spiro atoms. The van der Waals surface area contributed by atoms with Gasteiger partial charge in [-0.3, -0.25) is 37.3 Å². The summed E-state index contributed by atoms with van der Waals surface area (Å²) >= 11 is 0. The zero-order chi connectivity index (χ0) is 73.2. The van der Waals surface area contributed by atoms with E-state index in [4.69, 9.17) is 37.0 Å². The largest absolute Gasteiger partial charge is 0.472 e. The summed E-state index contributed by atoms with van der Waals surface area (Å²) in [6.07, 6.45) is 75.7. The van der Waals surface area contributed by atoms with Gasteiger partial charge < -0.3 is 33.8 Å². The van der Waals surface area contributed by atoms with Crippen LogP contribution >= 0.6 is 15.6 Å². The van der Waals surface area contributed by atoms with E-state index in [9.17, 15) is 43.2 Å². The second-order valence-corrected chi connectivity index (χ2v) is 29.5. The van der Waals surface area contributed by atoms with Gasteiger partial charge >= 0.3 is 39.5 Å². The van der Waals surface area contributed by atoms with Gasteiger partial charge in [-0.25, -0.2) is 9.13 Å². The van der Waals surface area contributed by atoms with E-state index in [1.54, 1.807) is 0 Å². The first-order valence-electron chi connectivity index (χ1n) is 39.8. The molecule has 0 aromatic rings. The van der Waals surface area contributed by atoms with Gasteiger partial charge in [-0.2, -0.15) is 0 Å². The van der Waals surface area contributed by atoms with Gasteiger partial charge in [-0.05, 0) is 141 Å². The van der Waals surface area contributed by atoms with Crippen LogP contribution in [0.15, 0.2) is 85.1 Å². The molecular formula is C81H144O17P2. The van der Waals surface area contributed by atoms with Crippen molar-refractivity contribution in [2.45, 2.75) is 367 Å². The van der Waals surface area contributed by atoms with Crippen molar-refractivity contribution >= 4 is 39.5 Å². The molecule has 0 rings (SSSR count). The van der Waals surface area contributed by atoms with E-state index < -0.39 is 97.5 Å². The number of rotatable bonds is 75. The first-order valence-corrected chi connectivity index (χ1v) is 42.8. The lowest BCUT2D eigenvalue weighted by atomic mass is 10.1. The summed E-state index contributed by atoms with van der Waals surface area (Å²) in [4.78, 5) is 72.9. The molecule has 5 atom stereocenters. The minimum absolute atomic E-state index is 0.0188. The van der Waals surface area contributed by atoms with Crippen LogP contribution < -0.4 is 0 Å². The molecule has 0 aliphatic rings. The number of hydrogen-bond acceptors (Lipinski definition) is 15. The molecule has 0 amide bonds. The molecule has 19 heteroatoms. The average Bonchev–Trinajstić information content (AvgIpc) is 0.962. The number of phosphoric acid groups is 2. The highest BCUT2D eigenvalue weighted by atomic mass is 31.2. The molecule has 580 valence electrons. The third-order valence-electron chi connectivity index (χ3n) is 16.8. The number of esters is 4. The SMILES string of the molecule is CCCCC/C=C\C/C=C\C/C=C\C/C=C\CCCC(=O)O[C@H](COC(=O)CCCCCCC/C=C\CCCCCCCC)COP(=O)(O)OC[C@@H](O)COP(=O)(O)OC[C@@H](COC(=O)CCCCCCC/C=C\CCCCCCCC)OC(=O)CCCCCCC/C=C\CCCCCC. The van der Waals surface area contributed by atoms with Crippen molar-refractivity contribution in [2.24, 2.45) is 0 Å². The normalized spacial score (nSPS) is 14.3. The Morgan fingerprint density at radius 2 is 0.500 bits per heavy atom. The minimum atomic E-state index is -4.99. The molecule has 0 heterocycles. The molecule has 0 aromatic carbocycles. The number of carbonyl (C=O) groups excluding carboxylic acids is 4. The van der Waals surface area contributed by atoms with E-state index in [0.29, 0.717) is 32.1 Å². The summed E-state index contributed by atoms with van der Waals surface area (Å²) in [6.45, 7) is 4.77. The number of unbranched alkanes of at least 4 members (excludes halogenated alkanes) is 35. The predicted molar refractivity (Wildman–Crippen MR) is 409 cm³/mol. The first-order chi connectivity index (χ1) is 48.7. The molecule has 0 aliphatic carbocycles. The Morgan fingerprint density at radius 3 is 0.830 bits per heavy atom. The molecule has 2 unspecified atom stereocenters. The molecule has 0 aromatic heterocycles. The summed E-state index contributed by atoms with van der Waals surface area (Å²) in [6, 6.07) is 0. The lowest BCUT2D eigenvalue weighted by Gasteiger charge is -2.21. The lowest BCUT2D eigenvalue weighted by molar-refractivity contribution is -0.161. The Balaban J connectivity index is 5.40. The third kappa shape index (κ3) is 72.6. The van der Waals surface area contributed by atoms with Crippen LogP contribution in [0.3, 0.4) is 0 Å². The van der Waals surface area contributed by atoms with Crippen molar-refractivity contribution < 1.29 is 80.2 Å². The second kappa shape index (κ2) is 73.5. The van der Waals surface area contributed by atoms with Crippen LogP contribution in [0.5, 0.6) is 0 Å². The van der Waals surface area contributed by atoms with E-state index in [2.05, 4.69) is 101 Å². The Bertz CT molecular complexity index is 2230. The topological polar surface area (TPSA) is 237 Å². The maximum atomic E-state index is 13.1. The highest BCUT2D eigenvalue weighted by Gasteiger charge is 2.30. The summed E-state index contributed by atoms with van der Waals surface area (Å²) in [7, 11) is -9.97. The fraction of sp³-hybridized carbons (Fsp3) is 0.778. The Hall–Kier alpha value is -3.76. The summed E-state index contributed by atoms with van der Waals surface area (Å²) < 4.78 is 68.5. The van der Waals surface area contributed by atoms with Crippen molar-refractivity contribution in [1.29, 1.82) is 0 Å². The van der Waals surface area contributed by atoms with Crippen molar-refractivity contribution in [1.82, 2.24) is 0 Å². The number of hydrogen-bond donors (Lipinski definition) is 3. The van der Waals surface area contributed by atoms with Crippen LogP contribution in [-0.4, -0.2) is 96.7 Å². The third-order valence-corrected chi connectivity index (χ3v) is 18.7. The van der Waals surface area contributed by atoms with Crippen molar-refractivity contribution in [3.05, 3.63) is 85.1 Å². The molecule has 0 saturated carbocycles. The van der Waals surface area contributed by atoms with Crippen LogP contribution in [0.25, 0.3) is 0 Å². The van der Waals surface area contributed by atoms with Crippen LogP contribution in [-0.2, 0) is 65.4 Å². The Kier molecular flexibility index (Phi) is 70.8. The van der Waals surface area contributed by atoms with E-state index >= 15 is 0 Å². The number of aliphatic hydroxyl groups excluding tert-OH is 1. The van der Waals surface area contributed by atoms with E-state index in [1.807, 2.05) is 12.2 Å². The molecule has 0 bridgehead atoms. The van der Waals surface area contributed by atoms with Crippen LogP contribution in [0.4, 0.5) is 0 Å². The molecule has 100 heavy (non-hydrogen) atoms. The number of aliphatic hydroxyl groups is 1. The maximum absolute atomic E-state index is 13.1. The molecule has 17 nitrogen and oxygen atoms in total. The fourth-order valence-electron chi connectivity index (χ4n) is 10.7. The monoisotopic (exact) mass is 1450 g/mol. The van der Waals surface area contributed by atoms with Crippen LogP contribution in [0, 0.1) is 0 Å². The van der Waals surface area contributed by atoms with Gasteiger partial charge in [0.25, 0.3) is 0 Å².